The fraction of sp³-hybridized carbons (Fsp3) is 0.684. The maximum Gasteiger partial charge on any atom is 0.0366 e. The van der Waals surface area contributed by atoms with Crippen molar-refractivity contribution in [3.05, 3.63) is 29.8 Å². The minimum Gasteiger partial charge on any atom is -0.372 e. The van der Waals surface area contributed by atoms with Crippen molar-refractivity contribution in [3.63, 3.8) is 0 Å². The summed E-state index contributed by atoms with van der Waals surface area (Å²) in [5.41, 5.74) is 3.29. The van der Waals surface area contributed by atoms with Crippen LogP contribution in [0.15, 0.2) is 24.3 Å². The Labute approximate surface area is 130 Å². The molecule has 1 aromatic carbocycles. The molecule has 1 N–H and O–H groups in total. The predicted octanol–water partition coefficient (Wildman–Crippen LogP) is 4.59. The van der Waals surface area contributed by atoms with Gasteiger partial charge in [0.25, 0.3) is 0 Å². The first-order valence-corrected chi connectivity index (χ1v) is 8.54. The molecule has 1 aliphatic rings. The highest BCUT2D eigenvalue weighted by atomic mass is 15.1. The van der Waals surface area contributed by atoms with Crippen LogP contribution in [-0.4, -0.2) is 19.6 Å². The molecule has 1 fully saturated rings. The van der Waals surface area contributed by atoms with Crippen LogP contribution in [0.25, 0.3) is 0 Å². The van der Waals surface area contributed by atoms with Crippen molar-refractivity contribution in [2.75, 3.05) is 18.5 Å². The Morgan fingerprint density at radius 1 is 1.14 bits per heavy atom. The third-order valence-electron chi connectivity index (χ3n) is 4.96. The molecule has 0 aliphatic heterocycles. The number of nitrogens with zero attached hydrogens (tertiary/aromatic N) is 1. The van der Waals surface area contributed by atoms with Crippen molar-refractivity contribution in [2.24, 2.45) is 5.41 Å². The van der Waals surface area contributed by atoms with Gasteiger partial charge in [-0.05, 0) is 61.8 Å². The molecule has 0 atom stereocenters. The molecule has 0 radical (unpaired) electrons. The smallest absolute Gasteiger partial charge is 0.0366 e. The van der Waals surface area contributed by atoms with E-state index in [1.54, 1.807) is 0 Å². The topological polar surface area (TPSA) is 15.3 Å². The molecule has 21 heavy (non-hydrogen) atoms. The number of hydrogen-bond acceptors (Lipinski definition) is 2. The molecule has 0 saturated heterocycles. The lowest BCUT2D eigenvalue weighted by molar-refractivity contribution is 0.222. The minimum atomic E-state index is 0.548. The summed E-state index contributed by atoms with van der Waals surface area (Å²) in [5, 5.41) is 3.46. The van der Waals surface area contributed by atoms with Gasteiger partial charge < -0.3 is 10.2 Å². The molecule has 0 spiro atoms. The fourth-order valence-corrected chi connectivity index (χ4v) is 3.24. The molecule has 1 aromatic rings. The zero-order valence-electron chi connectivity index (χ0n) is 14.3. The molecule has 2 nitrogen and oxygen atoms in total. The third kappa shape index (κ3) is 4.74. The van der Waals surface area contributed by atoms with Gasteiger partial charge in [0.15, 0.2) is 0 Å². The van der Waals surface area contributed by atoms with Gasteiger partial charge in [-0.1, -0.05) is 32.9 Å². The van der Waals surface area contributed by atoms with Crippen molar-refractivity contribution in [1.29, 1.82) is 0 Å². The highest BCUT2D eigenvalue weighted by Gasteiger charge is 2.28. The molecule has 0 bridgehead atoms. The van der Waals surface area contributed by atoms with Crippen LogP contribution >= 0.6 is 0 Å². The van der Waals surface area contributed by atoms with E-state index in [0.717, 1.165) is 13.1 Å². The van der Waals surface area contributed by atoms with E-state index >= 15 is 0 Å². The van der Waals surface area contributed by atoms with E-state index in [0.29, 0.717) is 11.5 Å². The Bertz CT molecular complexity index is 412. The first kappa shape index (κ1) is 16.4. The Kier molecular flexibility index (Phi) is 5.69. The van der Waals surface area contributed by atoms with Crippen molar-refractivity contribution >= 4 is 5.69 Å². The summed E-state index contributed by atoms with van der Waals surface area (Å²) in [6.45, 7) is 9.09. The second-order valence-corrected chi connectivity index (χ2v) is 7.35. The van der Waals surface area contributed by atoms with Gasteiger partial charge in [0.05, 0.1) is 0 Å². The Hall–Kier alpha value is -1.02. The minimum absolute atomic E-state index is 0.548. The normalized spacial score (nSPS) is 18.7. The monoisotopic (exact) mass is 288 g/mol. The largest absolute Gasteiger partial charge is 0.372 e. The van der Waals surface area contributed by atoms with Crippen LogP contribution in [-0.2, 0) is 6.54 Å². The number of benzene rings is 1. The van der Waals surface area contributed by atoms with E-state index < -0.39 is 0 Å². The van der Waals surface area contributed by atoms with E-state index in [1.807, 2.05) is 0 Å². The number of rotatable bonds is 6. The summed E-state index contributed by atoms with van der Waals surface area (Å²) >= 11 is 0. The van der Waals surface area contributed by atoms with E-state index in [1.165, 1.54) is 43.4 Å². The number of anilines is 1. The standard InChI is InChI=1S/C19H32N2/c1-5-14-20-15-16-6-8-17(9-7-16)21(4)18-10-12-19(2,3)13-11-18/h6-9,18,20H,5,10-15H2,1-4H3. The molecular formula is C19H32N2. The average Bonchev–Trinajstić information content (AvgIpc) is 2.48. The van der Waals surface area contributed by atoms with Crippen molar-refractivity contribution < 1.29 is 0 Å². The van der Waals surface area contributed by atoms with Gasteiger partial charge in [0.2, 0.25) is 0 Å². The van der Waals surface area contributed by atoms with Crippen LogP contribution in [0.2, 0.25) is 0 Å². The van der Waals surface area contributed by atoms with Crippen LogP contribution in [0.5, 0.6) is 0 Å². The molecule has 2 heteroatoms. The van der Waals surface area contributed by atoms with Gasteiger partial charge in [0.1, 0.15) is 0 Å². The van der Waals surface area contributed by atoms with Gasteiger partial charge in [-0.3, -0.25) is 0 Å². The summed E-state index contributed by atoms with van der Waals surface area (Å²) in [7, 11) is 2.26. The quantitative estimate of drug-likeness (QED) is 0.770. The van der Waals surface area contributed by atoms with Gasteiger partial charge in [0, 0.05) is 25.3 Å². The molecule has 0 heterocycles. The lowest BCUT2D eigenvalue weighted by Gasteiger charge is -2.39. The molecule has 0 unspecified atom stereocenters. The van der Waals surface area contributed by atoms with E-state index in [4.69, 9.17) is 0 Å². The van der Waals surface area contributed by atoms with Crippen molar-refractivity contribution in [3.8, 4) is 0 Å². The molecule has 2 rings (SSSR count). The third-order valence-corrected chi connectivity index (χ3v) is 4.96. The molecule has 1 aliphatic carbocycles. The van der Waals surface area contributed by atoms with Crippen LogP contribution in [0.3, 0.4) is 0 Å². The summed E-state index contributed by atoms with van der Waals surface area (Å²) in [4.78, 5) is 2.48. The zero-order valence-corrected chi connectivity index (χ0v) is 14.3. The summed E-state index contributed by atoms with van der Waals surface area (Å²) in [6.07, 6.45) is 6.54. The van der Waals surface area contributed by atoms with Crippen LogP contribution in [0, 0.1) is 5.41 Å². The molecular weight excluding hydrogens is 256 g/mol. The van der Waals surface area contributed by atoms with E-state index in [2.05, 4.69) is 62.3 Å². The van der Waals surface area contributed by atoms with Crippen molar-refractivity contribution in [2.45, 2.75) is 65.5 Å². The van der Waals surface area contributed by atoms with Gasteiger partial charge in [-0.2, -0.15) is 0 Å². The highest BCUT2D eigenvalue weighted by Crippen LogP contribution is 2.37. The van der Waals surface area contributed by atoms with Crippen LogP contribution in [0.1, 0.15) is 58.4 Å². The SMILES string of the molecule is CCCNCc1ccc(N(C)C2CCC(C)(C)CC2)cc1. The summed E-state index contributed by atoms with van der Waals surface area (Å²) in [6, 6.07) is 9.80. The number of hydrogen-bond donors (Lipinski definition) is 1. The molecule has 0 aromatic heterocycles. The van der Waals surface area contributed by atoms with Crippen LogP contribution < -0.4 is 10.2 Å². The van der Waals surface area contributed by atoms with Crippen LogP contribution in [0.4, 0.5) is 5.69 Å². The second kappa shape index (κ2) is 7.31. The average molecular weight is 288 g/mol. The highest BCUT2D eigenvalue weighted by molar-refractivity contribution is 5.48. The lowest BCUT2D eigenvalue weighted by atomic mass is 9.75. The summed E-state index contributed by atoms with van der Waals surface area (Å²) < 4.78 is 0. The Morgan fingerprint density at radius 2 is 1.76 bits per heavy atom. The number of nitrogens with one attached hydrogen (secondary N) is 1. The first-order chi connectivity index (χ1) is 10.0. The second-order valence-electron chi connectivity index (χ2n) is 7.35. The van der Waals surface area contributed by atoms with Crippen molar-refractivity contribution in [1.82, 2.24) is 5.32 Å². The van der Waals surface area contributed by atoms with E-state index in [9.17, 15) is 0 Å². The Morgan fingerprint density at radius 3 is 2.33 bits per heavy atom. The predicted molar refractivity (Wildman–Crippen MR) is 92.9 cm³/mol. The first-order valence-electron chi connectivity index (χ1n) is 8.54. The fourth-order valence-electron chi connectivity index (χ4n) is 3.24. The zero-order chi connectivity index (χ0) is 15.3. The van der Waals surface area contributed by atoms with E-state index in [-0.39, 0.29) is 0 Å². The molecule has 118 valence electrons. The lowest BCUT2D eigenvalue weighted by Crippen LogP contribution is -2.37. The maximum absolute atomic E-state index is 3.46. The maximum atomic E-state index is 3.46. The molecule has 1 saturated carbocycles. The van der Waals surface area contributed by atoms with Gasteiger partial charge in [-0.25, -0.2) is 0 Å². The van der Waals surface area contributed by atoms with Gasteiger partial charge >= 0.3 is 0 Å². The summed E-state index contributed by atoms with van der Waals surface area (Å²) in [5.74, 6) is 0. The Balaban J connectivity index is 1.89. The molecule has 0 amide bonds. The van der Waals surface area contributed by atoms with Gasteiger partial charge in [-0.15, -0.1) is 0 Å².